The highest BCUT2D eigenvalue weighted by Gasteiger charge is 2.00. The molecule has 2 aromatic rings. The Morgan fingerprint density at radius 1 is 1.11 bits per heavy atom. The number of allylic oxidation sites excluding steroid dienone is 1. The Bertz CT molecular complexity index is 595. The van der Waals surface area contributed by atoms with E-state index in [4.69, 9.17) is 5.26 Å². The van der Waals surface area contributed by atoms with Gasteiger partial charge in [0.2, 0.25) is 0 Å². The smallest absolute Gasteiger partial charge is 0.123 e. The zero-order valence-electron chi connectivity index (χ0n) is 10.3. The van der Waals surface area contributed by atoms with E-state index < -0.39 is 0 Å². The summed E-state index contributed by atoms with van der Waals surface area (Å²) in [5, 5.41) is 12.2. The van der Waals surface area contributed by atoms with E-state index in [-0.39, 0.29) is 5.82 Å². The van der Waals surface area contributed by atoms with E-state index in [0.717, 1.165) is 5.56 Å². The maximum atomic E-state index is 12.8. The van der Waals surface area contributed by atoms with Gasteiger partial charge in [0.1, 0.15) is 11.9 Å². The van der Waals surface area contributed by atoms with Crippen molar-refractivity contribution in [1.29, 1.82) is 5.26 Å². The molecule has 0 aliphatic carbocycles. The van der Waals surface area contributed by atoms with Gasteiger partial charge in [-0.25, -0.2) is 4.39 Å². The van der Waals surface area contributed by atoms with Crippen molar-refractivity contribution in [2.24, 2.45) is 0 Å². The second-order valence-electron chi connectivity index (χ2n) is 4.04. The van der Waals surface area contributed by atoms with Crippen LogP contribution in [-0.2, 0) is 6.54 Å². The van der Waals surface area contributed by atoms with Crippen LogP contribution in [-0.4, -0.2) is 0 Å². The number of rotatable bonds is 4. The predicted octanol–water partition coefficient (Wildman–Crippen LogP) is 3.48. The molecule has 0 heterocycles. The Morgan fingerprint density at radius 3 is 2.42 bits per heavy atom. The highest BCUT2D eigenvalue weighted by atomic mass is 19.1. The fourth-order valence-electron chi connectivity index (χ4n) is 1.68. The summed E-state index contributed by atoms with van der Waals surface area (Å²) >= 11 is 0. The molecule has 19 heavy (non-hydrogen) atoms. The topological polar surface area (TPSA) is 35.8 Å². The third kappa shape index (κ3) is 3.68. The molecule has 0 radical (unpaired) electrons. The van der Waals surface area contributed by atoms with Crippen LogP contribution in [0.3, 0.4) is 0 Å². The first-order valence-electron chi connectivity index (χ1n) is 5.93. The molecule has 3 heteroatoms. The van der Waals surface area contributed by atoms with Gasteiger partial charge in [-0.2, -0.15) is 5.26 Å². The normalized spacial score (nSPS) is 10.8. The second-order valence-corrected chi connectivity index (χ2v) is 4.04. The summed E-state index contributed by atoms with van der Waals surface area (Å²) in [5.74, 6) is -0.307. The second kappa shape index (κ2) is 6.36. The standard InChI is InChI=1S/C16H13FN2/c17-16-8-6-14(7-9-16)15(10-18)12-19-11-13-4-2-1-3-5-13/h1-9,12,19H,11H2/b15-12+. The molecule has 0 amide bonds. The molecule has 0 aromatic heterocycles. The van der Waals surface area contributed by atoms with Crippen LogP contribution >= 0.6 is 0 Å². The molecular formula is C16H13FN2. The molecule has 2 nitrogen and oxygen atoms in total. The number of halogens is 1. The van der Waals surface area contributed by atoms with Crippen LogP contribution in [0.2, 0.25) is 0 Å². The zero-order chi connectivity index (χ0) is 13.5. The quantitative estimate of drug-likeness (QED) is 0.845. The summed E-state index contributed by atoms with van der Waals surface area (Å²) in [6.45, 7) is 0.646. The average Bonchev–Trinajstić information content (AvgIpc) is 2.46. The first-order chi connectivity index (χ1) is 9.29. The molecule has 0 fully saturated rings. The number of nitriles is 1. The van der Waals surface area contributed by atoms with Crippen molar-refractivity contribution in [2.45, 2.75) is 6.54 Å². The van der Waals surface area contributed by atoms with Gasteiger partial charge in [0.05, 0.1) is 5.57 Å². The molecule has 0 atom stereocenters. The van der Waals surface area contributed by atoms with Gasteiger partial charge in [-0.15, -0.1) is 0 Å². The van der Waals surface area contributed by atoms with Crippen LogP contribution in [0.4, 0.5) is 4.39 Å². The highest BCUT2D eigenvalue weighted by Crippen LogP contribution is 2.13. The first-order valence-corrected chi connectivity index (χ1v) is 5.93. The molecule has 0 aliphatic heterocycles. The van der Waals surface area contributed by atoms with Crippen molar-refractivity contribution in [3.05, 3.63) is 77.7 Å². The molecule has 0 spiro atoms. The van der Waals surface area contributed by atoms with Crippen LogP contribution in [0.5, 0.6) is 0 Å². The lowest BCUT2D eigenvalue weighted by Crippen LogP contribution is -2.05. The zero-order valence-corrected chi connectivity index (χ0v) is 10.3. The lowest BCUT2D eigenvalue weighted by Gasteiger charge is -2.03. The van der Waals surface area contributed by atoms with Crippen LogP contribution in [0, 0.1) is 17.1 Å². The third-order valence-electron chi connectivity index (χ3n) is 2.67. The Hall–Kier alpha value is -2.60. The summed E-state index contributed by atoms with van der Waals surface area (Å²) in [5.41, 5.74) is 2.32. The van der Waals surface area contributed by atoms with Crippen molar-refractivity contribution in [3.8, 4) is 6.07 Å². The summed E-state index contributed by atoms with van der Waals surface area (Å²) in [6.07, 6.45) is 1.65. The van der Waals surface area contributed by atoms with Crippen LogP contribution in [0.25, 0.3) is 5.57 Å². The van der Waals surface area contributed by atoms with Crippen molar-refractivity contribution in [3.63, 3.8) is 0 Å². The van der Waals surface area contributed by atoms with E-state index in [2.05, 4.69) is 11.4 Å². The SMILES string of the molecule is N#C/C(=C\NCc1ccccc1)c1ccc(F)cc1. The van der Waals surface area contributed by atoms with Crippen molar-refractivity contribution in [1.82, 2.24) is 5.32 Å². The van der Waals surface area contributed by atoms with Crippen LogP contribution in [0.1, 0.15) is 11.1 Å². The fraction of sp³-hybridized carbons (Fsp3) is 0.0625. The summed E-state index contributed by atoms with van der Waals surface area (Å²) in [7, 11) is 0. The number of benzene rings is 2. The van der Waals surface area contributed by atoms with Gasteiger partial charge >= 0.3 is 0 Å². The maximum absolute atomic E-state index is 12.8. The minimum absolute atomic E-state index is 0.307. The van der Waals surface area contributed by atoms with Crippen LogP contribution < -0.4 is 5.32 Å². The van der Waals surface area contributed by atoms with Crippen molar-refractivity contribution in [2.75, 3.05) is 0 Å². The largest absolute Gasteiger partial charge is 0.386 e. The molecule has 1 N–H and O–H groups in total. The molecule has 0 saturated heterocycles. The first kappa shape index (κ1) is 12.8. The monoisotopic (exact) mass is 252 g/mol. The number of hydrogen-bond donors (Lipinski definition) is 1. The molecule has 0 unspecified atom stereocenters. The number of nitrogens with zero attached hydrogens (tertiary/aromatic N) is 1. The summed E-state index contributed by atoms with van der Waals surface area (Å²) in [6, 6.07) is 17.9. The third-order valence-corrected chi connectivity index (χ3v) is 2.67. The molecule has 0 bridgehead atoms. The van der Waals surface area contributed by atoms with Crippen molar-refractivity contribution >= 4 is 5.57 Å². The molecular weight excluding hydrogens is 239 g/mol. The van der Waals surface area contributed by atoms with Crippen molar-refractivity contribution < 1.29 is 4.39 Å². The average molecular weight is 252 g/mol. The predicted molar refractivity (Wildman–Crippen MR) is 73.3 cm³/mol. The maximum Gasteiger partial charge on any atom is 0.123 e. The van der Waals surface area contributed by atoms with Gasteiger partial charge in [-0.1, -0.05) is 42.5 Å². The van der Waals surface area contributed by atoms with Gasteiger partial charge in [0.15, 0.2) is 0 Å². The Balaban J connectivity index is 2.04. The summed E-state index contributed by atoms with van der Waals surface area (Å²) < 4.78 is 12.8. The van der Waals surface area contributed by atoms with Crippen LogP contribution in [0.15, 0.2) is 60.8 Å². The van der Waals surface area contributed by atoms with E-state index in [9.17, 15) is 4.39 Å². The molecule has 94 valence electrons. The van der Waals surface area contributed by atoms with E-state index in [1.165, 1.54) is 12.1 Å². The van der Waals surface area contributed by atoms with E-state index in [1.54, 1.807) is 18.3 Å². The number of nitrogens with one attached hydrogen (secondary N) is 1. The Labute approximate surface area is 111 Å². The van der Waals surface area contributed by atoms with Gasteiger partial charge in [-0.3, -0.25) is 0 Å². The lowest BCUT2D eigenvalue weighted by atomic mass is 10.1. The minimum atomic E-state index is -0.307. The Morgan fingerprint density at radius 2 is 1.79 bits per heavy atom. The number of hydrogen-bond acceptors (Lipinski definition) is 2. The van der Waals surface area contributed by atoms with E-state index in [1.807, 2.05) is 30.3 Å². The van der Waals surface area contributed by atoms with E-state index in [0.29, 0.717) is 17.7 Å². The minimum Gasteiger partial charge on any atom is -0.386 e. The Kier molecular flexibility index (Phi) is 4.30. The fourth-order valence-corrected chi connectivity index (χ4v) is 1.68. The molecule has 0 saturated carbocycles. The van der Waals surface area contributed by atoms with Gasteiger partial charge < -0.3 is 5.32 Å². The molecule has 0 aliphatic rings. The van der Waals surface area contributed by atoms with E-state index >= 15 is 0 Å². The van der Waals surface area contributed by atoms with Gasteiger partial charge in [-0.05, 0) is 23.3 Å². The summed E-state index contributed by atoms with van der Waals surface area (Å²) in [4.78, 5) is 0. The molecule has 2 aromatic carbocycles. The van der Waals surface area contributed by atoms with Gasteiger partial charge in [0, 0.05) is 12.7 Å². The molecule has 2 rings (SSSR count). The highest BCUT2D eigenvalue weighted by molar-refractivity contribution is 5.76. The lowest BCUT2D eigenvalue weighted by molar-refractivity contribution is 0.627. The van der Waals surface area contributed by atoms with Gasteiger partial charge in [0.25, 0.3) is 0 Å².